The molecule has 0 aliphatic rings. The molecular weight excluding hydrogens is 322 g/mol. The quantitative estimate of drug-likeness (QED) is 0.514. The summed E-state index contributed by atoms with van der Waals surface area (Å²) < 4.78 is 0. The van der Waals surface area contributed by atoms with Crippen molar-refractivity contribution in [3.63, 3.8) is 0 Å². The minimum Gasteiger partial charge on any atom is -0.156 e. The first kappa shape index (κ1) is 9.26. The van der Waals surface area contributed by atoms with Gasteiger partial charge in [0.1, 0.15) is 0 Å². The van der Waals surface area contributed by atoms with Gasteiger partial charge in [0, 0.05) is 0 Å². The molecule has 0 aromatic carbocycles. The molecule has 0 amide bonds. The van der Waals surface area contributed by atoms with Crippen molar-refractivity contribution in [3.05, 3.63) is 0 Å². The summed E-state index contributed by atoms with van der Waals surface area (Å²) in [7, 11) is 0. The molecule has 7 heavy (non-hydrogen) atoms. The lowest BCUT2D eigenvalue weighted by Crippen LogP contribution is -2.23. The zero-order chi connectivity index (χ0) is 6.08. The van der Waals surface area contributed by atoms with Crippen LogP contribution in [0.2, 0.25) is 0 Å². The SMILES string of the molecule is Cl[SiH](Br)[Si](Cl)(Cl)Br. The second-order valence-corrected chi connectivity index (χ2v) is 31.5. The minimum absolute atomic E-state index is 1.49. The van der Waals surface area contributed by atoms with E-state index in [0.29, 0.717) is 0 Å². The predicted octanol–water partition coefficient (Wildman–Crippen LogP) is 2.73. The van der Waals surface area contributed by atoms with Gasteiger partial charge in [-0.2, -0.15) is 11.1 Å². The number of hydrogen-bond donors (Lipinski definition) is 0. The summed E-state index contributed by atoms with van der Waals surface area (Å²) in [5.41, 5.74) is 0. The van der Waals surface area contributed by atoms with E-state index >= 15 is 0 Å². The van der Waals surface area contributed by atoms with Gasteiger partial charge in [-0.25, -0.2) is 0 Å². The number of hydrogen-bond acceptors (Lipinski definition) is 0. The molecule has 0 bridgehead atoms. The molecule has 0 heterocycles. The molecule has 0 spiro atoms. The van der Waals surface area contributed by atoms with Gasteiger partial charge < -0.3 is 0 Å². The maximum atomic E-state index is 5.57. The third-order valence-corrected chi connectivity index (χ3v) is 34.1. The van der Waals surface area contributed by atoms with E-state index in [9.17, 15) is 0 Å². The van der Waals surface area contributed by atoms with Crippen molar-refractivity contribution in [2.45, 2.75) is 0 Å². The molecule has 0 nitrogen and oxygen atoms in total. The van der Waals surface area contributed by atoms with Crippen molar-refractivity contribution in [2.75, 3.05) is 0 Å². The molecule has 0 saturated carbocycles. The van der Waals surface area contributed by atoms with Crippen LogP contribution in [0, 0.1) is 0 Å². The van der Waals surface area contributed by atoms with Gasteiger partial charge in [0.15, 0.2) is 0 Å². The maximum Gasteiger partial charge on any atom is 0.328 e. The Balaban J connectivity index is 3.54. The van der Waals surface area contributed by atoms with Crippen LogP contribution < -0.4 is 0 Å². The highest BCUT2D eigenvalue weighted by Crippen LogP contribution is 2.30. The summed E-state index contributed by atoms with van der Waals surface area (Å²) in [5, 5.41) is 0. The van der Waals surface area contributed by atoms with Crippen LogP contribution in [0.3, 0.4) is 0 Å². The van der Waals surface area contributed by atoms with Gasteiger partial charge in [-0.1, -0.05) is 15.3 Å². The highest BCUT2D eigenvalue weighted by molar-refractivity contribution is 9.39. The Hall–Kier alpha value is 2.26. The van der Waals surface area contributed by atoms with Gasteiger partial charge in [0.05, 0.1) is 0 Å². The van der Waals surface area contributed by atoms with Gasteiger partial charge in [0.2, 0.25) is 6.24 Å². The van der Waals surface area contributed by atoms with E-state index in [1.54, 1.807) is 0 Å². The largest absolute Gasteiger partial charge is 0.328 e. The summed E-state index contributed by atoms with van der Waals surface area (Å²) in [6.07, 6.45) is -1.49. The lowest BCUT2D eigenvalue weighted by Gasteiger charge is -2.04. The average molecular weight is 323 g/mol. The third-order valence-electron chi connectivity index (χ3n) is 0.247. The summed E-state index contributed by atoms with van der Waals surface area (Å²) >= 11 is 22.9. The summed E-state index contributed by atoms with van der Waals surface area (Å²) in [6, 6.07) is 0. The highest BCUT2D eigenvalue weighted by Gasteiger charge is 2.34. The normalized spacial score (nSPS) is 16.7. The van der Waals surface area contributed by atoms with Crippen molar-refractivity contribution in [3.8, 4) is 0 Å². The summed E-state index contributed by atoms with van der Waals surface area (Å²) in [4.78, 5) is -2.16. The third kappa shape index (κ3) is 4.75. The monoisotopic (exact) mass is 320 g/mol. The molecule has 0 N–H and O–H groups in total. The Labute approximate surface area is 74.2 Å². The van der Waals surface area contributed by atoms with Crippen LogP contribution in [0.15, 0.2) is 0 Å². The number of halogens is 5. The van der Waals surface area contributed by atoms with Crippen LogP contribution >= 0.6 is 63.8 Å². The van der Waals surface area contributed by atoms with Crippen LogP contribution in [0.1, 0.15) is 0 Å². The fraction of sp³-hybridized carbons (Fsp3) is 0. The first-order valence-electron chi connectivity index (χ1n) is 1.29. The van der Waals surface area contributed by atoms with Crippen molar-refractivity contribution < 1.29 is 0 Å². The zero-order valence-corrected chi connectivity index (χ0v) is 10.6. The minimum atomic E-state index is -2.16. The maximum absolute atomic E-state index is 5.57. The summed E-state index contributed by atoms with van der Waals surface area (Å²) in [5.74, 6) is 0. The average Bonchev–Trinajstić information content (AvgIpc) is 1.31. The van der Waals surface area contributed by atoms with Crippen molar-refractivity contribution >= 4 is 74.9 Å². The van der Waals surface area contributed by atoms with Crippen molar-refractivity contribution in [2.24, 2.45) is 0 Å². The molecule has 0 saturated heterocycles. The Bertz CT molecular complexity index is 56.4. The molecule has 0 aliphatic carbocycles. The molecule has 0 fully saturated rings. The van der Waals surface area contributed by atoms with Crippen LogP contribution in [-0.2, 0) is 0 Å². The molecule has 44 valence electrons. The van der Waals surface area contributed by atoms with E-state index < -0.39 is 11.1 Å². The van der Waals surface area contributed by atoms with Crippen LogP contribution in [0.4, 0.5) is 0 Å². The van der Waals surface area contributed by atoms with Crippen molar-refractivity contribution in [1.29, 1.82) is 0 Å². The van der Waals surface area contributed by atoms with E-state index in [-0.39, 0.29) is 0 Å². The molecule has 1 unspecified atom stereocenters. The van der Waals surface area contributed by atoms with Gasteiger partial charge >= 0.3 is 4.83 Å². The molecule has 0 aliphatic heterocycles. The molecule has 0 aromatic rings. The molecule has 1 atom stereocenters. The Morgan fingerprint density at radius 1 is 1.43 bits per heavy atom. The Kier molecular flexibility index (Phi) is 4.55. The van der Waals surface area contributed by atoms with Gasteiger partial charge in [-0.3, -0.25) is 0 Å². The Morgan fingerprint density at radius 3 is 1.57 bits per heavy atom. The van der Waals surface area contributed by atoms with Gasteiger partial charge in [0.25, 0.3) is 0 Å². The second kappa shape index (κ2) is 3.44. The predicted molar refractivity (Wildman–Crippen MR) is 48.3 cm³/mol. The topological polar surface area (TPSA) is 0 Å². The lowest BCUT2D eigenvalue weighted by atomic mass is 26.9. The van der Waals surface area contributed by atoms with Crippen LogP contribution in [0.25, 0.3) is 0 Å². The van der Waals surface area contributed by atoms with Gasteiger partial charge in [-0.05, 0) is 0 Å². The van der Waals surface area contributed by atoms with E-state index in [1.807, 2.05) is 0 Å². The fourth-order valence-corrected chi connectivity index (χ4v) is 0. The van der Waals surface area contributed by atoms with Crippen LogP contribution in [0.5, 0.6) is 0 Å². The fourth-order valence-electron chi connectivity index (χ4n) is 0. The molecule has 0 radical (unpaired) electrons. The van der Waals surface area contributed by atoms with E-state index in [4.69, 9.17) is 33.2 Å². The molecule has 0 rings (SSSR count). The van der Waals surface area contributed by atoms with E-state index in [0.717, 1.165) is 0 Å². The van der Waals surface area contributed by atoms with Crippen molar-refractivity contribution in [1.82, 2.24) is 0 Å². The first-order chi connectivity index (χ1) is 2.94. The molecule has 7 heteroatoms. The standard InChI is InChI=1S/Br2Cl3HSi2/c1-6(3)7(2,4)5/h6H. The molecule has 0 aromatic heterocycles. The summed E-state index contributed by atoms with van der Waals surface area (Å²) in [6.45, 7) is 0. The lowest BCUT2D eigenvalue weighted by molar-refractivity contribution is 3.80. The van der Waals surface area contributed by atoms with Crippen LogP contribution in [-0.4, -0.2) is 11.1 Å². The zero-order valence-electron chi connectivity index (χ0n) is 2.97. The first-order valence-corrected chi connectivity index (χ1v) is 14.3. The Morgan fingerprint density at radius 2 is 1.57 bits per heavy atom. The molecular formula is HBr2Cl3Si2. The van der Waals surface area contributed by atoms with E-state index in [1.165, 1.54) is 0 Å². The van der Waals surface area contributed by atoms with Gasteiger partial charge in [-0.15, -0.1) is 37.5 Å². The smallest absolute Gasteiger partial charge is 0.156 e. The highest BCUT2D eigenvalue weighted by atomic mass is 79.9. The number of rotatable bonds is 1. The second-order valence-electron chi connectivity index (χ2n) is 0.842. The van der Waals surface area contributed by atoms with E-state index in [2.05, 4.69) is 30.6 Å².